The molecule has 1 aromatic carbocycles. The zero-order chi connectivity index (χ0) is 21.0. The Balaban J connectivity index is 1.70. The van der Waals surface area contributed by atoms with E-state index in [1.54, 1.807) is 36.3 Å². The monoisotopic (exact) mass is 391 g/mol. The van der Waals surface area contributed by atoms with E-state index in [-0.39, 0.29) is 18.1 Å². The molecule has 0 unspecified atom stereocenters. The van der Waals surface area contributed by atoms with Gasteiger partial charge in [-0.25, -0.2) is 9.67 Å². The number of methoxy groups -OCH3 is 1. The Morgan fingerprint density at radius 2 is 2.17 bits per heavy atom. The van der Waals surface area contributed by atoms with Crippen LogP contribution in [0.25, 0.3) is 6.20 Å². The highest BCUT2D eigenvalue weighted by atomic mass is 16.5. The third kappa shape index (κ3) is 4.16. The predicted octanol–water partition coefficient (Wildman–Crippen LogP) is 2.05. The highest BCUT2D eigenvalue weighted by molar-refractivity contribution is 5.91. The van der Waals surface area contributed by atoms with E-state index < -0.39 is 0 Å². The minimum atomic E-state index is -0.379. The lowest BCUT2D eigenvalue weighted by molar-refractivity contribution is 0.0945. The number of hydrogen-bond donors (Lipinski definition) is 1. The maximum atomic E-state index is 12.5. The molecule has 0 radical (unpaired) electrons. The lowest BCUT2D eigenvalue weighted by Crippen LogP contribution is -2.24. The molecule has 1 N–H and O–H groups in total. The first-order valence-corrected chi connectivity index (χ1v) is 8.88. The quantitative estimate of drug-likeness (QED) is 0.660. The van der Waals surface area contributed by atoms with E-state index in [0.29, 0.717) is 23.4 Å². The number of carbonyl (C=O) groups excluding carboxylic acids is 1. The Hall–Kier alpha value is -3.93. The smallest absolute Gasteiger partial charge is 0.273 e. The molecule has 3 aromatic rings. The molecule has 29 heavy (non-hydrogen) atoms. The second-order valence-electron chi connectivity index (χ2n) is 6.38. The summed E-state index contributed by atoms with van der Waals surface area (Å²) in [4.78, 5) is 16.9. The van der Waals surface area contributed by atoms with Gasteiger partial charge in [-0.2, -0.15) is 5.26 Å². The van der Waals surface area contributed by atoms with E-state index in [2.05, 4.69) is 33.3 Å². The van der Waals surface area contributed by atoms with E-state index in [4.69, 9.17) is 4.74 Å². The van der Waals surface area contributed by atoms with Gasteiger partial charge >= 0.3 is 0 Å². The summed E-state index contributed by atoms with van der Waals surface area (Å²) in [5, 5.41) is 20.0. The number of nitrogens with zero attached hydrogens (tertiary/aromatic N) is 6. The molecule has 0 aliphatic rings. The maximum absolute atomic E-state index is 12.5. The van der Waals surface area contributed by atoms with Gasteiger partial charge in [0.25, 0.3) is 5.91 Å². The molecule has 0 saturated carbocycles. The number of ether oxygens (including phenoxy) is 1. The second kappa shape index (κ2) is 8.39. The van der Waals surface area contributed by atoms with Crippen molar-refractivity contribution in [1.82, 2.24) is 29.9 Å². The first-order chi connectivity index (χ1) is 14.0. The molecule has 0 bridgehead atoms. The fourth-order valence-corrected chi connectivity index (χ4v) is 3.00. The summed E-state index contributed by atoms with van der Waals surface area (Å²) in [6.45, 7) is 8.01. The number of benzene rings is 1. The van der Waals surface area contributed by atoms with Crippen LogP contribution in [0.1, 0.15) is 38.7 Å². The molecule has 2 aromatic heterocycles. The average molecular weight is 391 g/mol. The number of nitriles is 1. The molecule has 3 rings (SSSR count). The molecule has 9 nitrogen and oxygen atoms in total. The van der Waals surface area contributed by atoms with Crippen LogP contribution < -0.4 is 10.1 Å². The Morgan fingerprint density at radius 3 is 2.83 bits per heavy atom. The van der Waals surface area contributed by atoms with Crippen LogP contribution in [0.4, 0.5) is 0 Å². The summed E-state index contributed by atoms with van der Waals surface area (Å²) >= 11 is 0. The molecule has 0 atom stereocenters. The lowest BCUT2D eigenvalue weighted by Gasteiger charge is -2.12. The van der Waals surface area contributed by atoms with Crippen molar-refractivity contribution in [2.24, 2.45) is 0 Å². The topological polar surface area (TPSA) is 111 Å². The fourth-order valence-electron chi connectivity index (χ4n) is 3.00. The summed E-state index contributed by atoms with van der Waals surface area (Å²) < 4.78 is 8.65. The number of carbonyl (C=O) groups is 1. The highest BCUT2D eigenvalue weighted by Crippen LogP contribution is 2.24. The second-order valence-corrected chi connectivity index (χ2v) is 6.38. The molecule has 1 amide bonds. The third-order valence-electron chi connectivity index (χ3n) is 4.57. The normalized spacial score (nSPS) is 10.4. The van der Waals surface area contributed by atoms with Gasteiger partial charge in [0.2, 0.25) is 0 Å². The van der Waals surface area contributed by atoms with Gasteiger partial charge in [-0.3, -0.25) is 4.79 Å². The van der Waals surface area contributed by atoms with Crippen molar-refractivity contribution < 1.29 is 9.53 Å². The zero-order valence-electron chi connectivity index (χ0n) is 16.5. The summed E-state index contributed by atoms with van der Waals surface area (Å²) in [5.74, 6) is 1.10. The number of nitrogens with one attached hydrogen (secondary N) is 1. The van der Waals surface area contributed by atoms with Crippen LogP contribution in [0.15, 0.2) is 31.1 Å². The Labute approximate surface area is 168 Å². The van der Waals surface area contributed by atoms with Crippen molar-refractivity contribution in [2.75, 3.05) is 7.11 Å². The minimum Gasteiger partial charge on any atom is -0.496 e. The van der Waals surface area contributed by atoms with Crippen LogP contribution in [0.2, 0.25) is 0 Å². The van der Waals surface area contributed by atoms with Gasteiger partial charge in [0.1, 0.15) is 11.6 Å². The first-order valence-electron chi connectivity index (χ1n) is 8.88. The van der Waals surface area contributed by atoms with Crippen LogP contribution in [0, 0.1) is 25.2 Å². The summed E-state index contributed by atoms with van der Waals surface area (Å²) in [5.41, 5.74) is 2.97. The van der Waals surface area contributed by atoms with E-state index in [0.717, 1.165) is 17.1 Å². The minimum absolute atomic E-state index is 0.181. The van der Waals surface area contributed by atoms with Gasteiger partial charge in [-0.1, -0.05) is 11.8 Å². The Bertz CT molecular complexity index is 1100. The van der Waals surface area contributed by atoms with Crippen molar-refractivity contribution in [1.29, 1.82) is 5.26 Å². The van der Waals surface area contributed by atoms with Gasteiger partial charge in [0.15, 0.2) is 5.69 Å². The number of imidazole rings is 1. The molecule has 148 valence electrons. The van der Waals surface area contributed by atoms with Crippen molar-refractivity contribution in [3.8, 4) is 11.8 Å². The number of amides is 1. The highest BCUT2D eigenvalue weighted by Gasteiger charge is 2.15. The summed E-state index contributed by atoms with van der Waals surface area (Å²) in [6.07, 6.45) is 5.07. The molecule has 2 heterocycles. The van der Waals surface area contributed by atoms with Crippen molar-refractivity contribution in [3.63, 3.8) is 0 Å². The van der Waals surface area contributed by atoms with Gasteiger partial charge in [-0.15, -0.1) is 5.10 Å². The Kier molecular flexibility index (Phi) is 5.74. The van der Waals surface area contributed by atoms with E-state index >= 15 is 0 Å². The SMILES string of the molecule is C=Cn1cc(Cn2cc(C(=O)NCc3c(C#N)ccc(OC)c3C)nn2)nc1C. The average Bonchev–Trinajstić information content (AvgIpc) is 3.32. The third-order valence-corrected chi connectivity index (χ3v) is 4.57. The molecule has 0 aliphatic heterocycles. The largest absolute Gasteiger partial charge is 0.496 e. The van der Waals surface area contributed by atoms with E-state index in [9.17, 15) is 10.1 Å². The van der Waals surface area contributed by atoms with Gasteiger partial charge in [-0.05, 0) is 37.1 Å². The molecule has 0 fully saturated rings. The van der Waals surface area contributed by atoms with Gasteiger partial charge in [0, 0.05) is 18.9 Å². The molecule has 0 spiro atoms. The van der Waals surface area contributed by atoms with Crippen LogP contribution >= 0.6 is 0 Å². The van der Waals surface area contributed by atoms with Crippen molar-refractivity contribution in [2.45, 2.75) is 26.9 Å². The van der Waals surface area contributed by atoms with Gasteiger partial charge < -0.3 is 14.6 Å². The van der Waals surface area contributed by atoms with Crippen LogP contribution in [-0.4, -0.2) is 37.6 Å². The molecule has 9 heteroatoms. The Morgan fingerprint density at radius 1 is 1.38 bits per heavy atom. The number of rotatable bonds is 7. The number of aromatic nitrogens is 5. The van der Waals surface area contributed by atoms with Crippen LogP contribution in [0.3, 0.4) is 0 Å². The molecular weight excluding hydrogens is 370 g/mol. The van der Waals surface area contributed by atoms with E-state index in [1.807, 2.05) is 24.6 Å². The molecule has 0 saturated heterocycles. The zero-order valence-corrected chi connectivity index (χ0v) is 16.5. The summed E-state index contributed by atoms with van der Waals surface area (Å²) in [7, 11) is 1.56. The molecule has 0 aliphatic carbocycles. The lowest BCUT2D eigenvalue weighted by atomic mass is 10.0. The van der Waals surface area contributed by atoms with Crippen LogP contribution in [-0.2, 0) is 13.1 Å². The fraction of sp³-hybridized carbons (Fsp3) is 0.250. The first kappa shape index (κ1) is 19.8. The standard InChI is InChI=1S/C20H21N7O2/c1-5-26-10-16(23-14(26)3)11-27-12-18(24-25-27)20(28)22-9-17-13(2)19(29-4)7-6-15(17)8-21/h5-7,10,12H,1,9,11H2,2-4H3,(H,22,28). The van der Waals surface area contributed by atoms with Crippen LogP contribution in [0.5, 0.6) is 5.75 Å². The van der Waals surface area contributed by atoms with Crippen molar-refractivity contribution >= 4 is 12.1 Å². The number of hydrogen-bond acceptors (Lipinski definition) is 6. The number of aryl methyl sites for hydroxylation is 1. The maximum Gasteiger partial charge on any atom is 0.273 e. The summed E-state index contributed by atoms with van der Waals surface area (Å²) in [6, 6.07) is 5.55. The molecular formula is C20H21N7O2. The van der Waals surface area contributed by atoms with Gasteiger partial charge in [0.05, 0.1) is 37.2 Å². The van der Waals surface area contributed by atoms with E-state index in [1.165, 1.54) is 0 Å². The van der Waals surface area contributed by atoms with Crippen molar-refractivity contribution in [3.05, 3.63) is 65.0 Å². The predicted molar refractivity (Wildman–Crippen MR) is 106 cm³/mol.